The van der Waals surface area contributed by atoms with Gasteiger partial charge in [0.25, 0.3) is 0 Å². The van der Waals surface area contributed by atoms with E-state index < -0.39 is 0 Å². The van der Waals surface area contributed by atoms with Crippen LogP contribution in [0.2, 0.25) is 0 Å². The monoisotopic (exact) mass is 190 g/mol. The highest BCUT2D eigenvalue weighted by Crippen LogP contribution is 2.13. The third-order valence-corrected chi connectivity index (χ3v) is 1.63. The third kappa shape index (κ3) is 2.46. The third-order valence-electron chi connectivity index (χ3n) is 1.63. The SMILES string of the molecule is Cc1nc(C(N)C(C)C)n[nH]1.Cl. The number of halogens is 1. The summed E-state index contributed by atoms with van der Waals surface area (Å²) in [5.41, 5.74) is 5.81. The number of nitrogens with zero attached hydrogens (tertiary/aromatic N) is 2. The second kappa shape index (κ2) is 4.42. The second-order valence-electron chi connectivity index (χ2n) is 3.05. The highest BCUT2D eigenvalue weighted by molar-refractivity contribution is 5.85. The molecule has 3 N–H and O–H groups in total. The van der Waals surface area contributed by atoms with Crippen molar-refractivity contribution in [3.8, 4) is 0 Å². The molecule has 0 aliphatic rings. The van der Waals surface area contributed by atoms with Gasteiger partial charge in [0.1, 0.15) is 5.82 Å². The summed E-state index contributed by atoms with van der Waals surface area (Å²) in [5.74, 6) is 1.90. The van der Waals surface area contributed by atoms with Crippen LogP contribution in [0, 0.1) is 12.8 Å². The zero-order valence-corrected chi connectivity index (χ0v) is 8.35. The van der Waals surface area contributed by atoms with Crippen LogP contribution >= 0.6 is 12.4 Å². The Morgan fingerprint density at radius 2 is 2.00 bits per heavy atom. The first-order chi connectivity index (χ1) is 5.11. The summed E-state index contributed by atoms with van der Waals surface area (Å²) >= 11 is 0. The minimum atomic E-state index is -0.0556. The number of aromatic nitrogens is 3. The van der Waals surface area contributed by atoms with E-state index in [4.69, 9.17) is 5.73 Å². The van der Waals surface area contributed by atoms with Crippen molar-refractivity contribution in [2.75, 3.05) is 0 Å². The number of nitrogens with one attached hydrogen (secondary N) is 1. The molecule has 0 spiro atoms. The van der Waals surface area contributed by atoms with E-state index in [2.05, 4.69) is 29.0 Å². The molecule has 5 heteroatoms. The van der Waals surface area contributed by atoms with Crippen molar-refractivity contribution < 1.29 is 0 Å². The Morgan fingerprint density at radius 3 is 2.33 bits per heavy atom. The normalized spacial score (nSPS) is 12.8. The van der Waals surface area contributed by atoms with Crippen LogP contribution in [0.25, 0.3) is 0 Å². The number of aromatic amines is 1. The quantitative estimate of drug-likeness (QED) is 0.736. The Bertz CT molecular complexity index is 233. The molecule has 12 heavy (non-hydrogen) atoms. The van der Waals surface area contributed by atoms with E-state index >= 15 is 0 Å². The van der Waals surface area contributed by atoms with Gasteiger partial charge < -0.3 is 5.73 Å². The summed E-state index contributed by atoms with van der Waals surface area (Å²) in [4.78, 5) is 4.14. The summed E-state index contributed by atoms with van der Waals surface area (Å²) in [6.45, 7) is 5.97. The van der Waals surface area contributed by atoms with Gasteiger partial charge in [0.2, 0.25) is 0 Å². The topological polar surface area (TPSA) is 67.6 Å². The first kappa shape index (κ1) is 11.4. The molecule has 1 aromatic rings. The van der Waals surface area contributed by atoms with Crippen molar-refractivity contribution in [2.24, 2.45) is 11.7 Å². The molecule has 0 saturated heterocycles. The van der Waals surface area contributed by atoms with Crippen molar-refractivity contribution in [1.29, 1.82) is 0 Å². The smallest absolute Gasteiger partial charge is 0.167 e. The Morgan fingerprint density at radius 1 is 1.42 bits per heavy atom. The van der Waals surface area contributed by atoms with Gasteiger partial charge in [-0.2, -0.15) is 5.10 Å². The lowest BCUT2D eigenvalue weighted by molar-refractivity contribution is 0.491. The van der Waals surface area contributed by atoms with Crippen molar-refractivity contribution in [3.05, 3.63) is 11.6 Å². The van der Waals surface area contributed by atoms with E-state index in [1.165, 1.54) is 0 Å². The Balaban J connectivity index is 0.00000121. The van der Waals surface area contributed by atoms with Gasteiger partial charge >= 0.3 is 0 Å². The molecule has 0 bridgehead atoms. The van der Waals surface area contributed by atoms with Crippen LogP contribution in [0.15, 0.2) is 0 Å². The molecule has 0 amide bonds. The van der Waals surface area contributed by atoms with Crippen LogP contribution in [0.3, 0.4) is 0 Å². The Hall–Kier alpha value is -0.610. The minimum Gasteiger partial charge on any atom is -0.321 e. The molecule has 4 nitrogen and oxygen atoms in total. The molecule has 0 saturated carbocycles. The van der Waals surface area contributed by atoms with Gasteiger partial charge in [0.15, 0.2) is 5.82 Å². The van der Waals surface area contributed by atoms with Crippen molar-refractivity contribution in [3.63, 3.8) is 0 Å². The molecule has 0 aliphatic heterocycles. The largest absolute Gasteiger partial charge is 0.321 e. The van der Waals surface area contributed by atoms with Gasteiger partial charge in [-0.25, -0.2) is 4.98 Å². The van der Waals surface area contributed by atoms with Crippen molar-refractivity contribution >= 4 is 12.4 Å². The zero-order chi connectivity index (χ0) is 8.43. The van der Waals surface area contributed by atoms with E-state index in [1.54, 1.807) is 0 Å². The number of aryl methyl sites for hydroxylation is 1. The lowest BCUT2D eigenvalue weighted by atomic mass is 10.1. The van der Waals surface area contributed by atoms with Gasteiger partial charge in [0, 0.05) is 0 Å². The van der Waals surface area contributed by atoms with Crippen molar-refractivity contribution in [2.45, 2.75) is 26.8 Å². The summed E-state index contributed by atoms with van der Waals surface area (Å²) in [6, 6.07) is -0.0556. The zero-order valence-electron chi connectivity index (χ0n) is 7.53. The number of H-pyrrole nitrogens is 1. The molecule has 1 heterocycles. The number of rotatable bonds is 2. The molecule has 1 unspecified atom stereocenters. The molecular weight excluding hydrogens is 176 g/mol. The van der Waals surface area contributed by atoms with Crippen LogP contribution < -0.4 is 5.73 Å². The van der Waals surface area contributed by atoms with Crippen LogP contribution in [0.5, 0.6) is 0 Å². The lowest BCUT2D eigenvalue weighted by Crippen LogP contribution is -2.18. The predicted molar refractivity (Wildman–Crippen MR) is 50.1 cm³/mol. The number of nitrogens with two attached hydrogens (primary N) is 1. The Kier molecular flexibility index (Phi) is 4.20. The maximum absolute atomic E-state index is 5.81. The van der Waals surface area contributed by atoms with E-state index in [0.29, 0.717) is 11.7 Å². The van der Waals surface area contributed by atoms with Gasteiger partial charge in [-0.1, -0.05) is 13.8 Å². The first-order valence-corrected chi connectivity index (χ1v) is 3.75. The van der Waals surface area contributed by atoms with E-state index in [9.17, 15) is 0 Å². The first-order valence-electron chi connectivity index (χ1n) is 3.75. The maximum atomic E-state index is 5.81. The second-order valence-corrected chi connectivity index (χ2v) is 3.05. The molecule has 1 rings (SSSR count). The van der Waals surface area contributed by atoms with E-state index in [-0.39, 0.29) is 18.4 Å². The van der Waals surface area contributed by atoms with Crippen LogP contribution in [0.1, 0.15) is 31.5 Å². The lowest BCUT2D eigenvalue weighted by Gasteiger charge is -2.10. The highest BCUT2D eigenvalue weighted by Gasteiger charge is 2.14. The Labute approximate surface area is 78.4 Å². The standard InChI is InChI=1S/C7H14N4.ClH/c1-4(2)6(8)7-9-5(3)10-11-7;/h4,6H,8H2,1-3H3,(H,9,10,11);1H. The van der Waals surface area contributed by atoms with Gasteiger partial charge in [-0.05, 0) is 12.8 Å². The fraction of sp³-hybridized carbons (Fsp3) is 0.714. The van der Waals surface area contributed by atoms with E-state index in [1.807, 2.05) is 6.92 Å². The average molecular weight is 191 g/mol. The van der Waals surface area contributed by atoms with Crippen LogP contribution in [0.4, 0.5) is 0 Å². The molecule has 0 aromatic carbocycles. The van der Waals surface area contributed by atoms with Gasteiger partial charge in [-0.3, -0.25) is 5.10 Å². The van der Waals surface area contributed by atoms with Gasteiger partial charge in [-0.15, -0.1) is 12.4 Å². The fourth-order valence-electron chi connectivity index (χ4n) is 0.807. The average Bonchev–Trinajstić information content (AvgIpc) is 2.34. The summed E-state index contributed by atoms with van der Waals surface area (Å²) in [7, 11) is 0. The summed E-state index contributed by atoms with van der Waals surface area (Å²) < 4.78 is 0. The molecule has 70 valence electrons. The summed E-state index contributed by atoms with van der Waals surface area (Å²) in [6.07, 6.45) is 0. The van der Waals surface area contributed by atoms with Crippen molar-refractivity contribution in [1.82, 2.24) is 15.2 Å². The molecule has 0 fully saturated rings. The maximum Gasteiger partial charge on any atom is 0.167 e. The molecule has 0 radical (unpaired) electrons. The van der Waals surface area contributed by atoms with Gasteiger partial charge in [0.05, 0.1) is 6.04 Å². The van der Waals surface area contributed by atoms with E-state index in [0.717, 1.165) is 5.82 Å². The number of hydrogen-bond donors (Lipinski definition) is 2. The molecule has 1 atom stereocenters. The minimum absolute atomic E-state index is 0. The van der Waals surface area contributed by atoms with Crippen LogP contribution in [-0.2, 0) is 0 Å². The summed E-state index contributed by atoms with van der Waals surface area (Å²) in [5, 5.41) is 6.74. The fourth-order valence-corrected chi connectivity index (χ4v) is 0.807. The molecule has 0 aliphatic carbocycles. The number of hydrogen-bond acceptors (Lipinski definition) is 3. The highest BCUT2D eigenvalue weighted by atomic mass is 35.5. The molecular formula is C7H15ClN4. The molecule has 1 aromatic heterocycles. The predicted octanol–water partition coefficient (Wildman–Crippen LogP) is 1.19. The van der Waals surface area contributed by atoms with Crippen LogP contribution in [-0.4, -0.2) is 15.2 Å².